The summed E-state index contributed by atoms with van der Waals surface area (Å²) in [5.74, 6) is 0.715. The van der Waals surface area contributed by atoms with E-state index in [0.717, 1.165) is 32.8 Å². The van der Waals surface area contributed by atoms with Gasteiger partial charge in [-0.25, -0.2) is 9.97 Å². The summed E-state index contributed by atoms with van der Waals surface area (Å²) in [6.45, 7) is 3.93. The number of aryl methyl sites for hydroxylation is 2. The van der Waals surface area contributed by atoms with Gasteiger partial charge in [-0.3, -0.25) is 0 Å². The number of thioether (sulfide) groups is 1. The number of hydrogen-bond donors (Lipinski definition) is 1. The Hall–Kier alpha value is -1.26. The van der Waals surface area contributed by atoms with Crippen molar-refractivity contribution in [3.05, 3.63) is 46.2 Å². The van der Waals surface area contributed by atoms with Gasteiger partial charge in [-0.2, -0.15) is 0 Å². The van der Waals surface area contributed by atoms with Crippen LogP contribution in [0.4, 0.5) is 5.69 Å². The smallest absolute Gasteiger partial charge is 0.188 e. The lowest BCUT2D eigenvalue weighted by Crippen LogP contribution is -1.94. The molecular formula is C13H14ClN3S. The summed E-state index contributed by atoms with van der Waals surface area (Å²) in [6.07, 6.45) is 0. The highest BCUT2D eigenvalue weighted by molar-refractivity contribution is 7.98. The normalized spacial score (nSPS) is 10.6. The van der Waals surface area contributed by atoms with Crippen LogP contribution in [0.3, 0.4) is 0 Å². The Bertz CT molecular complexity index is 552. The van der Waals surface area contributed by atoms with Crippen molar-refractivity contribution < 1.29 is 0 Å². The molecule has 3 nitrogen and oxygen atoms in total. The standard InChI is InChI=1S/C13H14ClN3S/c1-8-5-9(2)17-13(16-8)18-7-10-6-11(15)3-4-12(10)14/h3-6H,7,15H2,1-2H3. The second-order valence-corrected chi connectivity index (χ2v) is 5.42. The summed E-state index contributed by atoms with van der Waals surface area (Å²) in [7, 11) is 0. The van der Waals surface area contributed by atoms with Crippen LogP contribution in [0, 0.1) is 13.8 Å². The molecule has 1 aromatic heterocycles. The van der Waals surface area contributed by atoms with Gasteiger partial charge in [0.1, 0.15) is 0 Å². The van der Waals surface area contributed by atoms with Crippen LogP contribution in [-0.4, -0.2) is 9.97 Å². The van der Waals surface area contributed by atoms with Gasteiger partial charge in [-0.1, -0.05) is 23.4 Å². The largest absolute Gasteiger partial charge is 0.399 e. The molecule has 2 rings (SSSR count). The monoisotopic (exact) mass is 279 g/mol. The fraction of sp³-hybridized carbons (Fsp3) is 0.231. The number of benzene rings is 1. The average molecular weight is 280 g/mol. The lowest BCUT2D eigenvalue weighted by Gasteiger charge is -2.06. The maximum Gasteiger partial charge on any atom is 0.188 e. The zero-order chi connectivity index (χ0) is 13.1. The first-order chi connectivity index (χ1) is 8.54. The predicted octanol–water partition coefficient (Wildman–Crippen LogP) is 3.62. The highest BCUT2D eigenvalue weighted by Gasteiger charge is 2.05. The Morgan fingerprint density at radius 2 is 1.83 bits per heavy atom. The first-order valence-electron chi connectivity index (χ1n) is 5.53. The van der Waals surface area contributed by atoms with Crippen LogP contribution in [0.5, 0.6) is 0 Å². The van der Waals surface area contributed by atoms with Gasteiger partial charge in [-0.15, -0.1) is 0 Å². The molecule has 0 atom stereocenters. The highest BCUT2D eigenvalue weighted by Crippen LogP contribution is 2.26. The molecule has 0 fully saturated rings. The topological polar surface area (TPSA) is 51.8 Å². The van der Waals surface area contributed by atoms with E-state index in [0.29, 0.717) is 5.75 Å². The van der Waals surface area contributed by atoms with Crippen LogP contribution < -0.4 is 5.73 Å². The van der Waals surface area contributed by atoms with Crippen LogP contribution in [-0.2, 0) is 5.75 Å². The maximum atomic E-state index is 6.12. The summed E-state index contributed by atoms with van der Waals surface area (Å²) in [5, 5.41) is 1.49. The van der Waals surface area contributed by atoms with E-state index in [1.807, 2.05) is 32.0 Å². The predicted molar refractivity (Wildman–Crippen MR) is 76.9 cm³/mol. The van der Waals surface area contributed by atoms with E-state index in [-0.39, 0.29) is 0 Å². The van der Waals surface area contributed by atoms with Gasteiger partial charge in [0.2, 0.25) is 0 Å². The highest BCUT2D eigenvalue weighted by atomic mass is 35.5. The molecule has 0 aliphatic carbocycles. The quantitative estimate of drug-likeness (QED) is 0.530. The molecule has 18 heavy (non-hydrogen) atoms. The Morgan fingerprint density at radius 1 is 1.17 bits per heavy atom. The second-order valence-electron chi connectivity index (χ2n) is 4.07. The van der Waals surface area contributed by atoms with Gasteiger partial charge >= 0.3 is 0 Å². The van der Waals surface area contributed by atoms with E-state index in [1.54, 1.807) is 17.8 Å². The van der Waals surface area contributed by atoms with Crippen LogP contribution in [0.25, 0.3) is 0 Å². The van der Waals surface area contributed by atoms with Crippen molar-refractivity contribution >= 4 is 29.1 Å². The molecular weight excluding hydrogens is 266 g/mol. The summed E-state index contributed by atoms with van der Waals surface area (Å²) >= 11 is 7.68. The Kier molecular flexibility index (Phi) is 4.09. The number of aromatic nitrogens is 2. The molecule has 0 aliphatic rings. The average Bonchev–Trinajstić information content (AvgIpc) is 2.29. The van der Waals surface area contributed by atoms with Gasteiger partial charge < -0.3 is 5.73 Å². The van der Waals surface area contributed by atoms with Crippen molar-refractivity contribution in [2.45, 2.75) is 24.8 Å². The van der Waals surface area contributed by atoms with Crippen LogP contribution in [0.1, 0.15) is 17.0 Å². The number of halogens is 1. The molecule has 2 aromatic rings. The SMILES string of the molecule is Cc1cc(C)nc(SCc2cc(N)ccc2Cl)n1. The fourth-order valence-corrected chi connectivity index (χ4v) is 2.81. The molecule has 94 valence electrons. The number of nitrogens with two attached hydrogens (primary N) is 1. The molecule has 1 aromatic carbocycles. The van der Waals surface area contributed by atoms with E-state index in [4.69, 9.17) is 17.3 Å². The summed E-state index contributed by atoms with van der Waals surface area (Å²) in [4.78, 5) is 8.76. The minimum absolute atomic E-state index is 0.715. The van der Waals surface area contributed by atoms with E-state index in [9.17, 15) is 0 Å². The van der Waals surface area contributed by atoms with Gasteiger partial charge in [0, 0.05) is 27.9 Å². The van der Waals surface area contributed by atoms with E-state index < -0.39 is 0 Å². The van der Waals surface area contributed by atoms with Gasteiger partial charge in [-0.05, 0) is 43.7 Å². The first kappa shape index (κ1) is 13.2. The van der Waals surface area contributed by atoms with E-state index in [2.05, 4.69) is 9.97 Å². The van der Waals surface area contributed by atoms with E-state index >= 15 is 0 Å². The number of nitrogens with zero attached hydrogens (tertiary/aromatic N) is 2. The minimum Gasteiger partial charge on any atom is -0.399 e. The molecule has 2 N–H and O–H groups in total. The number of nitrogen functional groups attached to an aromatic ring is 1. The number of anilines is 1. The maximum absolute atomic E-state index is 6.12. The summed E-state index contributed by atoms with van der Waals surface area (Å²) < 4.78 is 0. The van der Waals surface area contributed by atoms with Crippen molar-refractivity contribution in [2.75, 3.05) is 5.73 Å². The molecule has 0 amide bonds. The van der Waals surface area contributed by atoms with Crippen LogP contribution >= 0.6 is 23.4 Å². The zero-order valence-electron chi connectivity index (χ0n) is 10.3. The molecule has 0 bridgehead atoms. The van der Waals surface area contributed by atoms with Crippen molar-refractivity contribution in [3.63, 3.8) is 0 Å². The molecule has 0 radical (unpaired) electrons. The minimum atomic E-state index is 0.715. The molecule has 0 aliphatic heterocycles. The third-order valence-electron chi connectivity index (χ3n) is 2.39. The lowest BCUT2D eigenvalue weighted by molar-refractivity contribution is 0.902. The zero-order valence-corrected chi connectivity index (χ0v) is 11.8. The first-order valence-corrected chi connectivity index (χ1v) is 6.90. The van der Waals surface area contributed by atoms with Crippen LogP contribution in [0.15, 0.2) is 29.4 Å². The van der Waals surface area contributed by atoms with Gasteiger partial charge in [0.15, 0.2) is 5.16 Å². The molecule has 0 saturated carbocycles. The van der Waals surface area contributed by atoms with Gasteiger partial charge in [0.05, 0.1) is 0 Å². The summed E-state index contributed by atoms with van der Waals surface area (Å²) in [6, 6.07) is 7.45. The lowest BCUT2D eigenvalue weighted by atomic mass is 10.2. The number of rotatable bonds is 3. The van der Waals surface area contributed by atoms with Gasteiger partial charge in [0.25, 0.3) is 0 Å². The van der Waals surface area contributed by atoms with Crippen molar-refractivity contribution in [1.29, 1.82) is 0 Å². The fourth-order valence-electron chi connectivity index (χ4n) is 1.61. The van der Waals surface area contributed by atoms with Crippen LogP contribution in [0.2, 0.25) is 5.02 Å². The van der Waals surface area contributed by atoms with E-state index in [1.165, 1.54) is 0 Å². The Morgan fingerprint density at radius 3 is 2.50 bits per heavy atom. The van der Waals surface area contributed by atoms with Crippen molar-refractivity contribution in [2.24, 2.45) is 0 Å². The molecule has 0 spiro atoms. The molecule has 5 heteroatoms. The third kappa shape index (κ3) is 3.37. The molecule has 0 saturated heterocycles. The third-order valence-corrected chi connectivity index (χ3v) is 3.65. The molecule has 0 unspecified atom stereocenters. The molecule has 1 heterocycles. The summed E-state index contributed by atoms with van der Waals surface area (Å²) in [5.41, 5.74) is 9.42. The van der Waals surface area contributed by atoms with Crippen molar-refractivity contribution in [1.82, 2.24) is 9.97 Å². The Labute approximate surface area is 116 Å². The second kappa shape index (κ2) is 5.59. The number of hydrogen-bond acceptors (Lipinski definition) is 4. The van der Waals surface area contributed by atoms with Crippen molar-refractivity contribution in [3.8, 4) is 0 Å². The Balaban J connectivity index is 2.13.